The summed E-state index contributed by atoms with van der Waals surface area (Å²) >= 11 is 5.78. The molecular weight excluding hydrogens is 386 g/mol. The van der Waals surface area contributed by atoms with E-state index in [2.05, 4.69) is 10.6 Å². The number of anilines is 2. The van der Waals surface area contributed by atoms with Crippen molar-refractivity contribution in [3.63, 3.8) is 0 Å². The summed E-state index contributed by atoms with van der Waals surface area (Å²) in [6.45, 7) is -0.429. The number of benzene rings is 2. The lowest BCUT2D eigenvalue weighted by atomic mass is 10.2. The van der Waals surface area contributed by atoms with E-state index in [0.717, 1.165) is 42.5 Å². The van der Waals surface area contributed by atoms with E-state index in [1.165, 1.54) is 0 Å². The molecule has 0 bridgehead atoms. The number of carbonyl (C=O) groups excluding carboxylic acids is 1. The molecular formula is C16H11ClF6N2O. The second-order valence-electron chi connectivity index (χ2n) is 5.17. The molecule has 0 aliphatic heterocycles. The summed E-state index contributed by atoms with van der Waals surface area (Å²) in [5.74, 6) is -0.668. The van der Waals surface area contributed by atoms with Gasteiger partial charge in [0.05, 0.1) is 28.4 Å². The van der Waals surface area contributed by atoms with Crippen molar-refractivity contribution in [1.29, 1.82) is 0 Å². The van der Waals surface area contributed by atoms with E-state index in [1.807, 2.05) is 0 Å². The number of nitrogens with one attached hydrogen (secondary N) is 2. The number of halogens is 7. The van der Waals surface area contributed by atoms with Gasteiger partial charge >= 0.3 is 12.4 Å². The quantitative estimate of drug-likeness (QED) is 0.677. The topological polar surface area (TPSA) is 41.1 Å². The summed E-state index contributed by atoms with van der Waals surface area (Å²) in [5.41, 5.74) is -1.79. The monoisotopic (exact) mass is 396 g/mol. The fraction of sp³-hybridized carbons (Fsp3) is 0.188. The molecule has 0 spiro atoms. The number of carbonyl (C=O) groups is 1. The Hall–Kier alpha value is -2.42. The summed E-state index contributed by atoms with van der Waals surface area (Å²) in [4.78, 5) is 11.8. The van der Waals surface area contributed by atoms with Gasteiger partial charge in [-0.2, -0.15) is 26.3 Å². The Morgan fingerprint density at radius 2 is 1.42 bits per heavy atom. The fourth-order valence-electron chi connectivity index (χ4n) is 1.96. The minimum atomic E-state index is -4.57. The molecule has 0 saturated heterocycles. The van der Waals surface area contributed by atoms with Crippen LogP contribution in [0.4, 0.5) is 37.7 Å². The highest BCUT2D eigenvalue weighted by Crippen LogP contribution is 2.34. The molecule has 2 aromatic carbocycles. The zero-order chi connectivity index (χ0) is 19.5. The van der Waals surface area contributed by atoms with Crippen molar-refractivity contribution in [3.8, 4) is 0 Å². The van der Waals surface area contributed by atoms with Crippen LogP contribution in [0.3, 0.4) is 0 Å². The molecule has 0 atom stereocenters. The van der Waals surface area contributed by atoms with E-state index in [4.69, 9.17) is 11.6 Å². The first-order valence-electron chi connectivity index (χ1n) is 7.04. The molecule has 0 fully saturated rings. The Labute approximate surface area is 149 Å². The Bertz CT molecular complexity index is 787. The van der Waals surface area contributed by atoms with Gasteiger partial charge < -0.3 is 10.6 Å². The molecule has 0 heterocycles. The molecule has 2 aromatic rings. The highest BCUT2D eigenvalue weighted by molar-refractivity contribution is 6.33. The predicted octanol–water partition coefficient (Wildman–Crippen LogP) is 5.43. The van der Waals surface area contributed by atoms with Gasteiger partial charge in [-0.3, -0.25) is 4.79 Å². The van der Waals surface area contributed by atoms with Crippen molar-refractivity contribution >= 4 is 28.9 Å². The van der Waals surface area contributed by atoms with Crippen LogP contribution >= 0.6 is 11.6 Å². The van der Waals surface area contributed by atoms with E-state index in [9.17, 15) is 31.1 Å². The molecule has 26 heavy (non-hydrogen) atoms. The summed E-state index contributed by atoms with van der Waals surface area (Å²) in [5, 5.41) is 4.76. The van der Waals surface area contributed by atoms with E-state index in [0.29, 0.717) is 0 Å². The van der Waals surface area contributed by atoms with Gasteiger partial charge in [-0.05, 0) is 42.5 Å². The van der Waals surface area contributed by atoms with Gasteiger partial charge in [-0.15, -0.1) is 0 Å². The number of amides is 1. The molecule has 2 rings (SSSR count). The van der Waals surface area contributed by atoms with Crippen LogP contribution in [0.15, 0.2) is 42.5 Å². The fourth-order valence-corrected chi connectivity index (χ4v) is 2.14. The molecule has 2 N–H and O–H groups in total. The van der Waals surface area contributed by atoms with E-state index in [-0.39, 0.29) is 16.4 Å². The van der Waals surface area contributed by atoms with Crippen LogP contribution in [-0.2, 0) is 17.1 Å². The van der Waals surface area contributed by atoms with Gasteiger partial charge in [0.2, 0.25) is 5.91 Å². The molecule has 0 aliphatic carbocycles. The Kier molecular flexibility index (Phi) is 5.70. The summed E-state index contributed by atoms with van der Waals surface area (Å²) in [6, 6.07) is 6.33. The number of rotatable bonds is 4. The number of hydrogen-bond acceptors (Lipinski definition) is 2. The zero-order valence-electron chi connectivity index (χ0n) is 12.8. The molecule has 10 heteroatoms. The van der Waals surface area contributed by atoms with Crippen LogP contribution < -0.4 is 10.6 Å². The molecule has 140 valence electrons. The minimum absolute atomic E-state index is 0.0136. The third-order valence-corrected chi connectivity index (χ3v) is 3.56. The maximum atomic E-state index is 12.7. The third kappa shape index (κ3) is 5.29. The van der Waals surface area contributed by atoms with E-state index >= 15 is 0 Å². The van der Waals surface area contributed by atoms with E-state index < -0.39 is 35.9 Å². The molecule has 0 aliphatic rings. The van der Waals surface area contributed by atoms with Crippen molar-refractivity contribution in [3.05, 3.63) is 58.6 Å². The summed E-state index contributed by atoms with van der Waals surface area (Å²) in [7, 11) is 0. The Morgan fingerprint density at radius 1 is 0.885 bits per heavy atom. The van der Waals surface area contributed by atoms with E-state index in [1.54, 1.807) is 0 Å². The lowest BCUT2D eigenvalue weighted by Crippen LogP contribution is -2.22. The average molecular weight is 397 g/mol. The first-order valence-corrected chi connectivity index (χ1v) is 7.42. The molecule has 0 radical (unpaired) electrons. The summed E-state index contributed by atoms with van der Waals surface area (Å²) < 4.78 is 75.4. The number of alkyl halides is 6. The average Bonchev–Trinajstić information content (AvgIpc) is 2.52. The third-order valence-electron chi connectivity index (χ3n) is 3.23. The van der Waals surface area contributed by atoms with Crippen LogP contribution in [0, 0.1) is 0 Å². The molecule has 1 amide bonds. The zero-order valence-corrected chi connectivity index (χ0v) is 13.6. The van der Waals surface area contributed by atoms with Crippen molar-refractivity contribution in [2.45, 2.75) is 12.4 Å². The summed E-state index contributed by atoms with van der Waals surface area (Å²) in [6.07, 6.45) is -9.06. The second kappa shape index (κ2) is 7.45. The van der Waals surface area contributed by atoms with Gasteiger partial charge in [0.25, 0.3) is 0 Å². The standard InChI is InChI=1S/C16H11ClF6N2O/c17-12-6-3-10(16(21,22)23)7-13(12)24-8-14(26)25-11-4-1-9(2-5-11)15(18,19)20/h1-7,24H,8H2,(H,25,26). The van der Waals surface area contributed by atoms with Crippen LogP contribution in [-0.4, -0.2) is 12.5 Å². The SMILES string of the molecule is O=C(CNc1cc(C(F)(F)F)ccc1Cl)Nc1ccc(C(F)(F)F)cc1. The maximum Gasteiger partial charge on any atom is 0.416 e. The Balaban J connectivity index is 1.99. The van der Waals surface area contributed by atoms with Crippen LogP contribution in [0.5, 0.6) is 0 Å². The maximum absolute atomic E-state index is 12.7. The predicted molar refractivity (Wildman–Crippen MR) is 85.0 cm³/mol. The molecule has 0 saturated carbocycles. The lowest BCUT2D eigenvalue weighted by Gasteiger charge is -2.13. The van der Waals surface area contributed by atoms with Crippen molar-refractivity contribution in [1.82, 2.24) is 0 Å². The van der Waals surface area contributed by atoms with Crippen molar-refractivity contribution in [2.75, 3.05) is 17.2 Å². The second-order valence-corrected chi connectivity index (χ2v) is 5.58. The van der Waals surface area contributed by atoms with Crippen molar-refractivity contribution < 1.29 is 31.1 Å². The molecule has 3 nitrogen and oxygen atoms in total. The normalized spacial score (nSPS) is 12.0. The van der Waals surface area contributed by atoms with Crippen molar-refractivity contribution in [2.24, 2.45) is 0 Å². The van der Waals surface area contributed by atoms with Crippen LogP contribution in [0.25, 0.3) is 0 Å². The van der Waals surface area contributed by atoms with Gasteiger partial charge in [-0.25, -0.2) is 0 Å². The van der Waals surface area contributed by atoms with Crippen LogP contribution in [0.1, 0.15) is 11.1 Å². The first-order chi connectivity index (χ1) is 12.0. The first kappa shape index (κ1) is 19.9. The highest BCUT2D eigenvalue weighted by atomic mass is 35.5. The van der Waals surface area contributed by atoms with Gasteiger partial charge in [0.1, 0.15) is 0 Å². The Morgan fingerprint density at radius 3 is 1.96 bits per heavy atom. The van der Waals surface area contributed by atoms with Gasteiger partial charge in [0, 0.05) is 5.69 Å². The molecule has 0 unspecified atom stereocenters. The van der Waals surface area contributed by atoms with Gasteiger partial charge in [0.15, 0.2) is 0 Å². The largest absolute Gasteiger partial charge is 0.416 e. The molecule has 0 aromatic heterocycles. The van der Waals surface area contributed by atoms with Gasteiger partial charge in [-0.1, -0.05) is 11.6 Å². The highest BCUT2D eigenvalue weighted by Gasteiger charge is 2.31. The lowest BCUT2D eigenvalue weighted by molar-refractivity contribution is -0.138. The smallest absolute Gasteiger partial charge is 0.375 e. The minimum Gasteiger partial charge on any atom is -0.375 e. The van der Waals surface area contributed by atoms with Crippen LogP contribution in [0.2, 0.25) is 5.02 Å². The number of hydrogen-bond donors (Lipinski definition) is 2.